The lowest BCUT2D eigenvalue weighted by Crippen LogP contribution is -2.30. The zero-order valence-electron chi connectivity index (χ0n) is 16.0. The molecule has 0 spiro atoms. The number of rotatable bonds is 3. The van der Waals surface area contributed by atoms with Gasteiger partial charge in [0.1, 0.15) is 5.84 Å². The minimum Gasteiger partial charge on any atom is -0.454 e. The Morgan fingerprint density at radius 1 is 1.18 bits per heavy atom. The lowest BCUT2D eigenvalue weighted by atomic mass is 10.1. The zero-order chi connectivity index (χ0) is 19.8. The number of anilines is 1. The summed E-state index contributed by atoms with van der Waals surface area (Å²) in [5, 5.41) is 0.627. The summed E-state index contributed by atoms with van der Waals surface area (Å²) in [6.07, 6.45) is 2.36. The summed E-state index contributed by atoms with van der Waals surface area (Å²) < 4.78 is 10.8. The van der Waals surface area contributed by atoms with Crippen molar-refractivity contribution in [1.82, 2.24) is 0 Å². The molecule has 0 radical (unpaired) electrons. The number of amidine groups is 1. The lowest BCUT2D eigenvalue weighted by molar-refractivity contribution is -0.113. The SMILES string of the molecule is Cc1c(Cl)cccc1N1C(=O)/C(=C/c2ccc3c(c2)OCO3)CC1=NC(C)C. The van der Waals surface area contributed by atoms with Crippen molar-refractivity contribution >= 4 is 35.1 Å². The highest BCUT2D eigenvalue weighted by Crippen LogP contribution is 2.36. The summed E-state index contributed by atoms with van der Waals surface area (Å²) in [7, 11) is 0. The monoisotopic (exact) mass is 396 g/mol. The van der Waals surface area contributed by atoms with Crippen molar-refractivity contribution in [3.05, 3.63) is 58.1 Å². The Kier molecular flexibility index (Phi) is 4.85. The van der Waals surface area contributed by atoms with E-state index in [4.69, 9.17) is 26.1 Å². The second kappa shape index (κ2) is 7.32. The second-order valence-corrected chi connectivity index (χ2v) is 7.53. The molecule has 0 aliphatic carbocycles. The first-order valence-corrected chi connectivity index (χ1v) is 9.58. The van der Waals surface area contributed by atoms with Crippen LogP contribution < -0.4 is 14.4 Å². The number of aliphatic imine (C=N–C) groups is 1. The average molecular weight is 397 g/mol. The fraction of sp³-hybridized carbons (Fsp3) is 0.273. The maximum atomic E-state index is 13.3. The number of fused-ring (bicyclic) bond motifs is 1. The van der Waals surface area contributed by atoms with E-state index >= 15 is 0 Å². The van der Waals surface area contributed by atoms with E-state index in [1.807, 2.05) is 63.2 Å². The molecule has 0 saturated carbocycles. The molecular formula is C22H21ClN2O3. The predicted octanol–water partition coefficient (Wildman–Crippen LogP) is 5.00. The van der Waals surface area contributed by atoms with Gasteiger partial charge in [0.2, 0.25) is 6.79 Å². The number of amides is 1. The van der Waals surface area contributed by atoms with E-state index in [-0.39, 0.29) is 18.7 Å². The van der Waals surface area contributed by atoms with Crippen LogP contribution in [-0.4, -0.2) is 24.6 Å². The number of nitrogens with zero attached hydrogens (tertiary/aromatic N) is 2. The number of hydrogen-bond acceptors (Lipinski definition) is 4. The minimum absolute atomic E-state index is 0.0784. The van der Waals surface area contributed by atoms with Crippen LogP contribution in [0.2, 0.25) is 5.02 Å². The summed E-state index contributed by atoms with van der Waals surface area (Å²) in [6.45, 7) is 6.14. The van der Waals surface area contributed by atoms with Gasteiger partial charge in [-0.3, -0.25) is 14.7 Å². The van der Waals surface area contributed by atoms with Gasteiger partial charge in [-0.25, -0.2) is 0 Å². The molecule has 144 valence electrons. The van der Waals surface area contributed by atoms with Crippen molar-refractivity contribution in [3.63, 3.8) is 0 Å². The van der Waals surface area contributed by atoms with E-state index in [9.17, 15) is 4.79 Å². The number of hydrogen-bond donors (Lipinski definition) is 0. The van der Waals surface area contributed by atoms with Gasteiger partial charge in [-0.2, -0.15) is 0 Å². The molecule has 2 aromatic carbocycles. The molecular weight excluding hydrogens is 376 g/mol. The molecule has 2 heterocycles. The smallest absolute Gasteiger partial charge is 0.260 e. The molecule has 1 saturated heterocycles. The molecule has 0 N–H and O–H groups in total. The quantitative estimate of drug-likeness (QED) is 0.685. The molecule has 5 nitrogen and oxygen atoms in total. The number of carbonyl (C=O) groups excluding carboxylic acids is 1. The second-order valence-electron chi connectivity index (χ2n) is 7.12. The molecule has 1 fully saturated rings. The molecule has 2 aromatic rings. The lowest BCUT2D eigenvalue weighted by Gasteiger charge is -2.20. The van der Waals surface area contributed by atoms with Crippen molar-refractivity contribution < 1.29 is 14.3 Å². The van der Waals surface area contributed by atoms with Gasteiger partial charge in [0.05, 0.1) is 5.69 Å². The highest BCUT2D eigenvalue weighted by molar-refractivity contribution is 6.34. The van der Waals surface area contributed by atoms with Gasteiger partial charge in [-0.05, 0) is 62.2 Å². The third-order valence-electron chi connectivity index (χ3n) is 4.71. The highest BCUT2D eigenvalue weighted by Gasteiger charge is 2.34. The number of benzene rings is 2. The van der Waals surface area contributed by atoms with Crippen LogP contribution in [0, 0.1) is 6.92 Å². The Bertz CT molecular complexity index is 1010. The van der Waals surface area contributed by atoms with E-state index in [0.29, 0.717) is 22.8 Å². The summed E-state index contributed by atoms with van der Waals surface area (Å²) in [6, 6.07) is 11.3. The third kappa shape index (κ3) is 3.38. The van der Waals surface area contributed by atoms with Crippen molar-refractivity contribution in [1.29, 1.82) is 0 Å². The molecule has 4 rings (SSSR count). The Morgan fingerprint density at radius 3 is 2.75 bits per heavy atom. The fourth-order valence-electron chi connectivity index (χ4n) is 3.39. The maximum absolute atomic E-state index is 13.3. The van der Waals surface area contributed by atoms with Gasteiger partial charge in [0, 0.05) is 23.1 Å². The van der Waals surface area contributed by atoms with Crippen LogP contribution in [0.1, 0.15) is 31.4 Å². The van der Waals surface area contributed by atoms with Crippen LogP contribution >= 0.6 is 11.6 Å². The molecule has 0 aromatic heterocycles. The summed E-state index contributed by atoms with van der Waals surface area (Å²) >= 11 is 6.30. The number of carbonyl (C=O) groups is 1. The van der Waals surface area contributed by atoms with Crippen LogP contribution in [0.5, 0.6) is 11.5 Å². The van der Waals surface area contributed by atoms with Gasteiger partial charge in [0.15, 0.2) is 11.5 Å². The fourth-order valence-corrected chi connectivity index (χ4v) is 3.56. The van der Waals surface area contributed by atoms with E-state index < -0.39 is 0 Å². The Labute approximate surface area is 169 Å². The zero-order valence-corrected chi connectivity index (χ0v) is 16.8. The first-order chi connectivity index (χ1) is 13.4. The van der Waals surface area contributed by atoms with Gasteiger partial charge < -0.3 is 9.47 Å². The first-order valence-electron chi connectivity index (χ1n) is 9.20. The molecule has 0 unspecified atom stereocenters. The number of ether oxygens (including phenoxy) is 2. The topological polar surface area (TPSA) is 51.1 Å². The highest BCUT2D eigenvalue weighted by atomic mass is 35.5. The van der Waals surface area contributed by atoms with Crippen molar-refractivity contribution in [2.24, 2.45) is 4.99 Å². The molecule has 2 aliphatic heterocycles. The summed E-state index contributed by atoms with van der Waals surface area (Å²) in [5.74, 6) is 2.07. The van der Waals surface area contributed by atoms with Gasteiger partial charge in [0.25, 0.3) is 5.91 Å². The Balaban J connectivity index is 1.75. The van der Waals surface area contributed by atoms with Gasteiger partial charge in [-0.1, -0.05) is 23.7 Å². The normalized spacial score (nSPS) is 18.8. The van der Waals surface area contributed by atoms with E-state index in [2.05, 4.69) is 0 Å². The largest absolute Gasteiger partial charge is 0.454 e. The van der Waals surface area contributed by atoms with Crippen molar-refractivity contribution in [3.8, 4) is 11.5 Å². The Morgan fingerprint density at radius 2 is 1.96 bits per heavy atom. The molecule has 0 bridgehead atoms. The van der Waals surface area contributed by atoms with Crippen LogP contribution in [0.4, 0.5) is 5.69 Å². The average Bonchev–Trinajstić information content (AvgIpc) is 3.22. The third-order valence-corrected chi connectivity index (χ3v) is 5.12. The van der Waals surface area contributed by atoms with Gasteiger partial charge in [-0.15, -0.1) is 0 Å². The molecule has 2 aliphatic rings. The Hall–Kier alpha value is -2.79. The van der Waals surface area contributed by atoms with Crippen molar-refractivity contribution in [2.75, 3.05) is 11.7 Å². The molecule has 0 atom stereocenters. The van der Waals surface area contributed by atoms with Crippen molar-refractivity contribution in [2.45, 2.75) is 33.2 Å². The molecule has 6 heteroatoms. The van der Waals surface area contributed by atoms with E-state index in [0.717, 1.165) is 28.4 Å². The van der Waals surface area contributed by atoms with E-state index in [1.165, 1.54) is 0 Å². The maximum Gasteiger partial charge on any atom is 0.260 e. The van der Waals surface area contributed by atoms with Crippen LogP contribution in [0.15, 0.2) is 47.0 Å². The van der Waals surface area contributed by atoms with Gasteiger partial charge >= 0.3 is 0 Å². The standard InChI is InChI=1S/C22H21ClN2O3/c1-13(2)24-21-11-16(9-15-7-8-19-20(10-15)28-12-27-19)22(26)25(21)18-6-4-5-17(23)14(18)3/h4-10,13H,11-12H2,1-3H3/b16-9+,24-21?. The van der Waals surface area contributed by atoms with E-state index in [1.54, 1.807) is 4.90 Å². The first kappa shape index (κ1) is 18.6. The summed E-state index contributed by atoms with van der Waals surface area (Å²) in [4.78, 5) is 19.7. The summed E-state index contributed by atoms with van der Waals surface area (Å²) in [5.41, 5.74) is 3.20. The number of halogens is 1. The molecule has 28 heavy (non-hydrogen) atoms. The molecule has 1 amide bonds. The predicted molar refractivity (Wildman–Crippen MR) is 111 cm³/mol. The minimum atomic E-state index is -0.0811. The van der Waals surface area contributed by atoms with Crippen LogP contribution in [-0.2, 0) is 4.79 Å². The van der Waals surface area contributed by atoms with Crippen LogP contribution in [0.25, 0.3) is 6.08 Å². The van der Waals surface area contributed by atoms with Crippen LogP contribution in [0.3, 0.4) is 0 Å².